The van der Waals surface area contributed by atoms with Crippen molar-refractivity contribution < 1.29 is 46.9 Å². The van der Waals surface area contributed by atoms with Crippen LogP contribution >= 0.6 is 23.1 Å². The molecule has 1 heterocycles. The van der Waals surface area contributed by atoms with Crippen LogP contribution in [0, 0.1) is 12.3 Å². The van der Waals surface area contributed by atoms with Gasteiger partial charge in [-0.2, -0.15) is 0 Å². The van der Waals surface area contributed by atoms with Crippen molar-refractivity contribution in [3.63, 3.8) is 0 Å². The third kappa shape index (κ3) is 12.8. The van der Waals surface area contributed by atoms with Gasteiger partial charge in [0.25, 0.3) is 0 Å². The molecule has 0 radical (unpaired) electrons. The number of anilines is 2. The van der Waals surface area contributed by atoms with Crippen LogP contribution in [-0.2, 0) is 28.8 Å². The Morgan fingerprint density at radius 3 is 2.11 bits per heavy atom. The van der Waals surface area contributed by atoms with Gasteiger partial charge in [-0.05, 0) is 117 Å². The van der Waals surface area contributed by atoms with Crippen LogP contribution in [0.25, 0.3) is 11.1 Å². The number of sulfone groups is 1. The number of nitrogens with zero attached hydrogens (tertiary/aromatic N) is 2. The number of hydrogen-bond acceptors (Lipinski definition) is 14. The monoisotopic (exact) mass is 832 g/mol. The number of guanidine groups is 1. The first-order valence-corrected chi connectivity index (χ1v) is 20.5. The standard InChI is InChI=1S/C37H48N6O10S3/c1-21-15-23(43(34(48)53-37(8,9)10)31(38)42-33(47)52-36(5,6)7)17-25(41-27(45)19-44)29(21)22-13-12-14-24(16-22)56(49,50)26-18-28(55-30(26)54-11)39-20-40-32(46)51-35(2,3)4/h12-18,20,44H,19H2,1-11H3,(H,41,45)(H2,38,42,47)(H,39,40,46). The number of benzene rings is 2. The summed E-state index contributed by atoms with van der Waals surface area (Å²) in [5.74, 6) is -1.55. The summed E-state index contributed by atoms with van der Waals surface area (Å²) < 4.78 is 44.7. The largest absolute Gasteiger partial charge is 0.444 e. The first-order chi connectivity index (χ1) is 25.7. The number of thiophene rings is 1. The van der Waals surface area contributed by atoms with Crippen molar-refractivity contribution in [2.75, 3.05) is 23.1 Å². The van der Waals surface area contributed by atoms with Crippen molar-refractivity contribution >= 4 is 85.8 Å². The Labute approximate surface area is 334 Å². The van der Waals surface area contributed by atoms with Gasteiger partial charge in [-0.1, -0.05) is 12.1 Å². The second-order valence-corrected chi connectivity index (χ2v) is 19.1. The van der Waals surface area contributed by atoms with Gasteiger partial charge >= 0.3 is 18.3 Å². The van der Waals surface area contributed by atoms with E-state index in [1.165, 1.54) is 48.2 Å². The molecule has 0 aliphatic rings. The van der Waals surface area contributed by atoms with Crippen LogP contribution in [0.15, 0.2) is 61.5 Å². The zero-order valence-electron chi connectivity index (χ0n) is 33.1. The van der Waals surface area contributed by atoms with Crippen molar-refractivity contribution in [2.24, 2.45) is 4.99 Å². The molecule has 0 bridgehead atoms. The highest BCUT2D eigenvalue weighted by molar-refractivity contribution is 8.01. The molecule has 0 aliphatic carbocycles. The first-order valence-electron chi connectivity index (χ1n) is 17.0. The number of carbonyl (C=O) groups excluding carboxylic acids is 4. The second kappa shape index (κ2) is 17.9. The molecule has 2 aromatic carbocycles. The van der Waals surface area contributed by atoms with Gasteiger partial charge in [-0.15, -0.1) is 23.1 Å². The molecule has 56 heavy (non-hydrogen) atoms. The summed E-state index contributed by atoms with van der Waals surface area (Å²) in [4.78, 5) is 55.7. The van der Waals surface area contributed by atoms with Gasteiger partial charge in [0.1, 0.15) is 28.4 Å². The highest BCUT2D eigenvalue weighted by atomic mass is 32.2. The molecular weight excluding hydrogens is 785 g/mol. The predicted octanol–water partition coefficient (Wildman–Crippen LogP) is 7.59. The normalized spacial score (nSPS) is 12.1. The highest BCUT2D eigenvalue weighted by Crippen LogP contribution is 2.42. The lowest BCUT2D eigenvalue weighted by Gasteiger charge is -2.29. The van der Waals surface area contributed by atoms with E-state index in [0.717, 1.165) is 22.6 Å². The number of nitrogens with one attached hydrogen (secondary N) is 4. The quantitative estimate of drug-likeness (QED) is 0.0611. The number of aryl methyl sites for hydroxylation is 1. The maximum Gasteiger partial charge on any atom is 0.421 e. The lowest BCUT2D eigenvalue weighted by Crippen LogP contribution is -2.49. The lowest BCUT2D eigenvalue weighted by molar-refractivity contribution is -0.118. The molecule has 0 unspecified atom stereocenters. The molecule has 4 amide bonds. The fraction of sp³-hybridized carbons (Fsp3) is 0.405. The van der Waals surface area contributed by atoms with E-state index in [1.807, 2.05) is 0 Å². The van der Waals surface area contributed by atoms with Gasteiger partial charge in [0, 0.05) is 5.56 Å². The number of aliphatic hydroxyl groups is 1. The van der Waals surface area contributed by atoms with Gasteiger partial charge in [-0.3, -0.25) is 20.8 Å². The third-order valence-electron chi connectivity index (χ3n) is 6.75. The smallest absolute Gasteiger partial charge is 0.421 e. The minimum Gasteiger partial charge on any atom is -0.444 e. The molecule has 304 valence electrons. The van der Waals surface area contributed by atoms with Gasteiger partial charge in [0.05, 0.1) is 31.7 Å². The summed E-state index contributed by atoms with van der Waals surface area (Å²) >= 11 is 2.31. The van der Waals surface area contributed by atoms with Crippen LogP contribution in [0.1, 0.15) is 67.9 Å². The average molecular weight is 833 g/mol. The molecule has 5 N–H and O–H groups in total. The molecule has 0 spiro atoms. The number of amides is 4. The third-order valence-corrected chi connectivity index (χ3v) is 11.0. The molecule has 0 saturated heterocycles. The summed E-state index contributed by atoms with van der Waals surface area (Å²) in [6.45, 7) is 15.6. The molecule has 0 aliphatic heterocycles. The fourth-order valence-corrected chi connectivity index (χ4v) is 8.67. The van der Waals surface area contributed by atoms with Gasteiger partial charge < -0.3 is 24.6 Å². The zero-order valence-corrected chi connectivity index (χ0v) is 35.5. The molecule has 19 heteroatoms. The van der Waals surface area contributed by atoms with Crippen molar-refractivity contribution in [1.29, 1.82) is 5.41 Å². The number of hydrogen-bond donors (Lipinski definition) is 5. The Morgan fingerprint density at radius 1 is 0.929 bits per heavy atom. The van der Waals surface area contributed by atoms with E-state index >= 15 is 0 Å². The molecule has 0 atom stereocenters. The summed E-state index contributed by atoms with van der Waals surface area (Å²) in [5, 5.41) is 25.9. The van der Waals surface area contributed by atoms with Gasteiger partial charge in [0.2, 0.25) is 21.7 Å². The number of ether oxygens (including phenoxy) is 3. The number of carbonyl (C=O) groups is 4. The van der Waals surface area contributed by atoms with Crippen LogP contribution in [-0.4, -0.2) is 79.7 Å². The molecule has 16 nitrogen and oxygen atoms in total. The molecule has 3 rings (SSSR count). The minimum absolute atomic E-state index is 0.0125. The average Bonchev–Trinajstić information content (AvgIpc) is 3.46. The van der Waals surface area contributed by atoms with Crippen LogP contribution < -0.4 is 20.9 Å². The number of thioether (sulfide) groups is 1. The number of aliphatic hydroxyl groups excluding tert-OH is 1. The van der Waals surface area contributed by atoms with Crippen molar-refractivity contribution in [2.45, 2.75) is 100 Å². The summed E-state index contributed by atoms with van der Waals surface area (Å²) in [5.41, 5.74) is -1.55. The van der Waals surface area contributed by atoms with E-state index in [4.69, 9.17) is 19.6 Å². The van der Waals surface area contributed by atoms with Crippen LogP contribution in [0.5, 0.6) is 0 Å². The molecule has 3 aromatic rings. The molecule has 0 saturated carbocycles. The number of alkyl carbamates (subject to hydrolysis) is 2. The zero-order chi connectivity index (χ0) is 42.4. The van der Waals surface area contributed by atoms with Crippen molar-refractivity contribution in [1.82, 2.24) is 10.6 Å². The Hall–Kier alpha value is -4.98. The van der Waals surface area contributed by atoms with Crippen molar-refractivity contribution in [3.05, 3.63) is 48.0 Å². The second-order valence-electron chi connectivity index (χ2n) is 15.1. The SMILES string of the molecule is CSc1sc(N=CNC(=O)OC(C)(C)C)cc1S(=O)(=O)c1cccc(-c2c(C)cc(N(C(=N)NC(=O)OC(C)(C)C)C(=O)OC(C)(C)C)cc2NC(=O)CO)c1. The predicted molar refractivity (Wildman–Crippen MR) is 217 cm³/mol. The summed E-state index contributed by atoms with van der Waals surface area (Å²) in [7, 11) is -4.17. The first kappa shape index (κ1) is 45.4. The van der Waals surface area contributed by atoms with E-state index in [0.29, 0.717) is 25.9 Å². The highest BCUT2D eigenvalue weighted by Gasteiger charge is 2.31. The Bertz CT molecular complexity index is 2130. The van der Waals surface area contributed by atoms with Crippen LogP contribution in [0.4, 0.5) is 30.8 Å². The van der Waals surface area contributed by atoms with Gasteiger partial charge in [0.15, 0.2) is 0 Å². The Balaban J connectivity index is 2.13. The van der Waals surface area contributed by atoms with E-state index in [2.05, 4.69) is 20.9 Å². The number of aliphatic imine (C=N–C) groups is 1. The maximum absolute atomic E-state index is 14.1. The Morgan fingerprint density at radius 2 is 1.54 bits per heavy atom. The van der Waals surface area contributed by atoms with E-state index in [1.54, 1.807) is 81.6 Å². The van der Waals surface area contributed by atoms with E-state index < -0.39 is 63.4 Å². The maximum atomic E-state index is 14.1. The summed E-state index contributed by atoms with van der Waals surface area (Å²) in [6, 6.07) is 10.2. The van der Waals surface area contributed by atoms with Crippen LogP contribution in [0.2, 0.25) is 0 Å². The Kier molecular flexibility index (Phi) is 14.5. The molecule has 1 aromatic heterocycles. The van der Waals surface area contributed by atoms with Crippen LogP contribution in [0.3, 0.4) is 0 Å². The summed E-state index contributed by atoms with van der Waals surface area (Å²) in [6.07, 6.45) is 0.0664. The van der Waals surface area contributed by atoms with E-state index in [9.17, 15) is 32.7 Å². The topological polar surface area (TPSA) is 226 Å². The molecular formula is C37H48N6O10S3. The fourth-order valence-electron chi connectivity index (χ4n) is 4.80. The lowest BCUT2D eigenvalue weighted by atomic mass is 9.97. The van der Waals surface area contributed by atoms with E-state index in [-0.39, 0.29) is 21.2 Å². The molecule has 0 fully saturated rings. The van der Waals surface area contributed by atoms with Gasteiger partial charge in [-0.25, -0.2) is 32.7 Å². The minimum atomic E-state index is -4.17. The van der Waals surface area contributed by atoms with Crippen molar-refractivity contribution in [3.8, 4) is 11.1 Å². The number of rotatable bonds is 9.